The Kier molecular flexibility index (Phi) is 5.14. The lowest BCUT2D eigenvalue weighted by atomic mass is 10.0. The quantitative estimate of drug-likeness (QED) is 0.431. The van der Waals surface area contributed by atoms with Crippen molar-refractivity contribution in [2.24, 2.45) is 0 Å². The third-order valence-electron chi connectivity index (χ3n) is 3.15. The van der Waals surface area contributed by atoms with E-state index < -0.39 is 41.4 Å². The Bertz CT molecular complexity index is 495. The van der Waals surface area contributed by atoms with Crippen LogP contribution in [0.4, 0.5) is 5.69 Å². The van der Waals surface area contributed by atoms with Crippen LogP contribution in [-0.2, 0) is 4.74 Å². The molecule has 0 unspecified atom stereocenters. The van der Waals surface area contributed by atoms with Crippen molar-refractivity contribution in [1.29, 1.82) is 0 Å². The molecule has 0 saturated carbocycles. The number of nitrogens with zero attached hydrogens (tertiary/aromatic N) is 1. The van der Waals surface area contributed by atoms with Gasteiger partial charge in [0.15, 0.2) is 0 Å². The molecule has 1 aliphatic heterocycles. The Hall–Kier alpha value is -1.23. The van der Waals surface area contributed by atoms with E-state index in [9.17, 15) is 25.4 Å². The van der Waals surface area contributed by atoms with Crippen molar-refractivity contribution >= 4 is 17.4 Å². The Balaban J connectivity index is 2.08. The van der Waals surface area contributed by atoms with E-state index in [4.69, 9.17) is 9.84 Å². The molecular weight excluding hydrogens is 302 g/mol. The third kappa shape index (κ3) is 3.51. The van der Waals surface area contributed by atoms with Gasteiger partial charge in [-0.15, -0.1) is 0 Å². The molecule has 1 aliphatic rings. The fourth-order valence-electron chi connectivity index (χ4n) is 1.95. The molecule has 116 valence electrons. The van der Waals surface area contributed by atoms with Crippen LogP contribution in [0.25, 0.3) is 0 Å². The topological polar surface area (TPSA) is 133 Å². The minimum Gasteiger partial charge on any atom is -0.394 e. The maximum atomic E-state index is 10.6. The molecule has 1 aromatic carbocycles. The molecule has 0 radical (unpaired) electrons. The number of ether oxygens (including phenoxy) is 1. The number of hydrogen-bond donors (Lipinski definition) is 4. The number of non-ortho nitro benzene ring substituents is 1. The average molecular weight is 317 g/mol. The van der Waals surface area contributed by atoms with Gasteiger partial charge in [-0.2, -0.15) is 0 Å². The highest BCUT2D eigenvalue weighted by atomic mass is 32.2. The first kappa shape index (κ1) is 16.1. The first-order valence-corrected chi connectivity index (χ1v) is 7.03. The van der Waals surface area contributed by atoms with Crippen molar-refractivity contribution in [3.63, 3.8) is 0 Å². The van der Waals surface area contributed by atoms with Crippen molar-refractivity contribution in [3.05, 3.63) is 34.4 Å². The third-order valence-corrected chi connectivity index (χ3v) is 4.31. The van der Waals surface area contributed by atoms with Gasteiger partial charge in [0, 0.05) is 17.0 Å². The molecule has 4 N–H and O–H groups in total. The largest absolute Gasteiger partial charge is 0.394 e. The summed E-state index contributed by atoms with van der Waals surface area (Å²) in [6.07, 6.45) is -5.16. The molecule has 1 heterocycles. The summed E-state index contributed by atoms with van der Waals surface area (Å²) in [4.78, 5) is 10.6. The van der Waals surface area contributed by atoms with Crippen LogP contribution in [0.1, 0.15) is 0 Å². The summed E-state index contributed by atoms with van der Waals surface area (Å²) in [5, 5.41) is 48.9. The standard InChI is InChI=1S/C12H15NO7S/c14-5-8-9(15)10(16)11(17)12(20-8)21-7-3-1-6(2-4-7)13(18)19/h1-4,8-12,14-17H,5H2/t8-,9+,10+,11-,12+/m0/s1. The van der Waals surface area contributed by atoms with Gasteiger partial charge in [0.2, 0.25) is 0 Å². The van der Waals surface area contributed by atoms with Crippen LogP contribution in [0.3, 0.4) is 0 Å². The number of hydrogen-bond acceptors (Lipinski definition) is 8. The Morgan fingerprint density at radius 3 is 2.29 bits per heavy atom. The fourth-order valence-corrected chi connectivity index (χ4v) is 3.01. The van der Waals surface area contributed by atoms with Crippen molar-refractivity contribution in [3.8, 4) is 0 Å². The summed E-state index contributed by atoms with van der Waals surface area (Å²) in [7, 11) is 0. The van der Waals surface area contributed by atoms with Crippen molar-refractivity contribution in [1.82, 2.24) is 0 Å². The zero-order chi connectivity index (χ0) is 15.6. The second-order valence-corrected chi connectivity index (χ2v) is 5.74. The van der Waals surface area contributed by atoms with Crippen molar-refractivity contribution in [2.45, 2.75) is 34.7 Å². The van der Waals surface area contributed by atoms with E-state index in [0.717, 1.165) is 11.8 Å². The van der Waals surface area contributed by atoms with Gasteiger partial charge < -0.3 is 25.2 Å². The number of aliphatic hydroxyl groups excluding tert-OH is 4. The summed E-state index contributed by atoms with van der Waals surface area (Å²) in [6, 6.07) is 5.60. The summed E-state index contributed by atoms with van der Waals surface area (Å²) in [6.45, 7) is -0.498. The predicted molar refractivity (Wildman–Crippen MR) is 72.7 cm³/mol. The molecule has 0 aliphatic carbocycles. The van der Waals surface area contributed by atoms with Gasteiger partial charge in [-0.05, 0) is 12.1 Å². The number of aliphatic hydroxyl groups is 4. The lowest BCUT2D eigenvalue weighted by Gasteiger charge is -2.39. The lowest BCUT2D eigenvalue weighted by molar-refractivity contribution is -0.384. The van der Waals surface area contributed by atoms with Crippen LogP contribution in [0.5, 0.6) is 0 Å². The molecule has 0 amide bonds. The van der Waals surface area contributed by atoms with Crippen LogP contribution in [0, 0.1) is 10.1 Å². The number of thioether (sulfide) groups is 1. The van der Waals surface area contributed by atoms with E-state index in [-0.39, 0.29) is 5.69 Å². The number of benzene rings is 1. The first-order valence-electron chi connectivity index (χ1n) is 6.15. The molecule has 1 saturated heterocycles. The Morgan fingerprint density at radius 2 is 1.76 bits per heavy atom. The number of nitro benzene ring substituents is 1. The smallest absolute Gasteiger partial charge is 0.269 e. The molecule has 0 bridgehead atoms. The average Bonchev–Trinajstić information content (AvgIpc) is 2.48. The summed E-state index contributed by atoms with van der Waals surface area (Å²) in [5.74, 6) is 0. The summed E-state index contributed by atoms with van der Waals surface area (Å²) in [5.41, 5.74) is -0.963. The van der Waals surface area contributed by atoms with Crippen molar-refractivity contribution in [2.75, 3.05) is 6.61 Å². The predicted octanol–water partition coefficient (Wildman–Crippen LogP) is -0.513. The lowest BCUT2D eigenvalue weighted by Crippen LogP contribution is -2.57. The van der Waals surface area contributed by atoms with E-state index >= 15 is 0 Å². The van der Waals surface area contributed by atoms with E-state index in [2.05, 4.69) is 0 Å². The summed E-state index contributed by atoms with van der Waals surface area (Å²) >= 11 is 1.04. The van der Waals surface area contributed by atoms with Gasteiger partial charge in [0.05, 0.1) is 11.5 Å². The monoisotopic (exact) mass is 317 g/mol. The van der Waals surface area contributed by atoms with Gasteiger partial charge in [0.25, 0.3) is 5.69 Å². The maximum Gasteiger partial charge on any atom is 0.269 e. The minimum absolute atomic E-state index is 0.0619. The van der Waals surface area contributed by atoms with Crippen LogP contribution in [0.15, 0.2) is 29.2 Å². The molecule has 21 heavy (non-hydrogen) atoms. The maximum absolute atomic E-state index is 10.6. The minimum atomic E-state index is -1.44. The Morgan fingerprint density at radius 1 is 1.14 bits per heavy atom. The zero-order valence-corrected chi connectivity index (χ0v) is 11.6. The van der Waals surface area contributed by atoms with E-state index in [1.54, 1.807) is 0 Å². The van der Waals surface area contributed by atoms with Crippen LogP contribution in [0.2, 0.25) is 0 Å². The van der Waals surface area contributed by atoms with E-state index in [1.807, 2.05) is 0 Å². The molecular formula is C12H15NO7S. The molecule has 2 rings (SSSR count). The zero-order valence-electron chi connectivity index (χ0n) is 10.8. The molecule has 1 fully saturated rings. The molecule has 0 aromatic heterocycles. The van der Waals surface area contributed by atoms with E-state index in [1.165, 1.54) is 24.3 Å². The first-order chi connectivity index (χ1) is 9.93. The number of rotatable bonds is 4. The second kappa shape index (κ2) is 6.69. The fraction of sp³-hybridized carbons (Fsp3) is 0.500. The molecule has 8 nitrogen and oxygen atoms in total. The summed E-state index contributed by atoms with van der Waals surface area (Å²) < 4.78 is 5.33. The SMILES string of the molecule is O=[N+]([O-])c1ccc(S[C@H]2O[C@@H](CO)[C@@H](O)[C@@H](O)[C@@H]2O)cc1. The molecule has 9 heteroatoms. The van der Waals surface area contributed by atoms with Gasteiger partial charge in [-0.25, -0.2) is 0 Å². The van der Waals surface area contributed by atoms with Gasteiger partial charge >= 0.3 is 0 Å². The van der Waals surface area contributed by atoms with Crippen LogP contribution >= 0.6 is 11.8 Å². The highest BCUT2D eigenvalue weighted by molar-refractivity contribution is 7.99. The molecule has 1 aromatic rings. The molecule has 0 spiro atoms. The van der Waals surface area contributed by atoms with E-state index in [0.29, 0.717) is 4.90 Å². The van der Waals surface area contributed by atoms with Crippen LogP contribution in [-0.4, -0.2) is 61.8 Å². The normalized spacial score (nSPS) is 32.9. The molecule has 5 atom stereocenters. The van der Waals surface area contributed by atoms with Gasteiger partial charge in [-0.3, -0.25) is 10.1 Å². The highest BCUT2D eigenvalue weighted by Crippen LogP contribution is 2.33. The van der Waals surface area contributed by atoms with Crippen LogP contribution < -0.4 is 0 Å². The van der Waals surface area contributed by atoms with Gasteiger partial charge in [0.1, 0.15) is 29.9 Å². The highest BCUT2D eigenvalue weighted by Gasteiger charge is 2.43. The Labute approximate surface area is 124 Å². The van der Waals surface area contributed by atoms with Gasteiger partial charge in [-0.1, -0.05) is 11.8 Å². The number of nitro groups is 1. The second-order valence-electron chi connectivity index (χ2n) is 4.57. The van der Waals surface area contributed by atoms with Crippen molar-refractivity contribution < 1.29 is 30.1 Å².